The first-order valence-corrected chi connectivity index (χ1v) is 9.88. The van der Waals surface area contributed by atoms with E-state index in [1.807, 2.05) is 39.0 Å². The molecule has 5 rings (SSSR count). The summed E-state index contributed by atoms with van der Waals surface area (Å²) in [6, 6.07) is 6.23. The second-order valence-electron chi connectivity index (χ2n) is 8.16. The molecule has 1 aromatic carbocycles. The molecule has 2 aromatic heterocycles. The van der Waals surface area contributed by atoms with Crippen molar-refractivity contribution in [1.29, 1.82) is 0 Å². The number of aromatic nitrogens is 4. The number of nitrogens with one attached hydrogen (secondary N) is 1. The number of benzene rings is 1. The van der Waals surface area contributed by atoms with E-state index in [1.54, 1.807) is 29.7 Å². The number of hydrogen-bond donors (Lipinski definition) is 1. The van der Waals surface area contributed by atoms with Gasteiger partial charge in [-0.1, -0.05) is 12.1 Å². The number of rotatable bonds is 4. The average molecular weight is 402 g/mol. The van der Waals surface area contributed by atoms with Crippen molar-refractivity contribution in [3.63, 3.8) is 0 Å². The van der Waals surface area contributed by atoms with Gasteiger partial charge in [0.2, 0.25) is 5.91 Å². The third-order valence-electron chi connectivity index (χ3n) is 5.61. The van der Waals surface area contributed by atoms with E-state index in [1.165, 1.54) is 0 Å². The van der Waals surface area contributed by atoms with Gasteiger partial charge in [-0.05, 0) is 38.0 Å². The minimum atomic E-state index is -0.662. The Bertz CT molecular complexity index is 1120. The molecule has 0 unspecified atom stereocenters. The van der Waals surface area contributed by atoms with Crippen LogP contribution in [-0.2, 0) is 14.9 Å². The molecule has 4 heterocycles. The van der Waals surface area contributed by atoms with Gasteiger partial charge in [0.1, 0.15) is 11.6 Å². The third kappa shape index (κ3) is 3.00. The van der Waals surface area contributed by atoms with Gasteiger partial charge in [0.15, 0.2) is 5.82 Å². The summed E-state index contributed by atoms with van der Waals surface area (Å²) in [6.07, 6.45) is 6.87. The number of aryl methyl sites for hydroxylation is 1. The van der Waals surface area contributed by atoms with Gasteiger partial charge < -0.3 is 10.1 Å². The molecule has 1 saturated heterocycles. The maximum absolute atomic E-state index is 13.4. The van der Waals surface area contributed by atoms with Crippen molar-refractivity contribution < 1.29 is 9.53 Å². The molecule has 0 spiro atoms. The predicted molar refractivity (Wildman–Crippen MR) is 113 cm³/mol. The van der Waals surface area contributed by atoms with Crippen molar-refractivity contribution in [1.82, 2.24) is 19.9 Å². The van der Waals surface area contributed by atoms with Crippen molar-refractivity contribution in [2.75, 3.05) is 23.4 Å². The minimum absolute atomic E-state index is 0.0340. The van der Waals surface area contributed by atoms with Crippen LogP contribution < -0.4 is 10.2 Å². The molecular formula is C22H22N6O2. The highest BCUT2D eigenvalue weighted by atomic mass is 16.5. The first-order valence-electron chi connectivity index (χ1n) is 9.88. The molecule has 2 aliphatic heterocycles. The van der Waals surface area contributed by atoms with Crippen molar-refractivity contribution in [2.45, 2.75) is 32.2 Å². The summed E-state index contributed by atoms with van der Waals surface area (Å²) in [5.74, 6) is 1.81. The lowest BCUT2D eigenvalue weighted by Crippen LogP contribution is -2.40. The topological polar surface area (TPSA) is 93.1 Å². The van der Waals surface area contributed by atoms with Gasteiger partial charge in [-0.2, -0.15) is 0 Å². The van der Waals surface area contributed by atoms with Crippen LogP contribution in [0.5, 0.6) is 0 Å². The number of hydrogen-bond acceptors (Lipinski definition) is 7. The first-order chi connectivity index (χ1) is 14.4. The number of anilines is 3. The maximum Gasteiger partial charge on any atom is 0.242 e. The fourth-order valence-electron chi connectivity index (χ4n) is 3.76. The molecule has 0 atom stereocenters. The van der Waals surface area contributed by atoms with E-state index in [4.69, 9.17) is 4.74 Å². The van der Waals surface area contributed by atoms with Crippen LogP contribution in [0.15, 0.2) is 43.0 Å². The van der Waals surface area contributed by atoms with Crippen LogP contribution in [0.1, 0.15) is 25.2 Å². The van der Waals surface area contributed by atoms with Gasteiger partial charge >= 0.3 is 0 Å². The second-order valence-corrected chi connectivity index (χ2v) is 8.16. The summed E-state index contributed by atoms with van der Waals surface area (Å²) in [6.45, 7) is 7.01. The highest BCUT2D eigenvalue weighted by Gasteiger charge is 2.45. The number of carbonyl (C=O) groups excluding carboxylic acids is 1. The lowest BCUT2D eigenvalue weighted by molar-refractivity contribution is -0.121. The van der Waals surface area contributed by atoms with Crippen molar-refractivity contribution >= 4 is 23.2 Å². The quantitative estimate of drug-likeness (QED) is 0.717. The summed E-state index contributed by atoms with van der Waals surface area (Å²) < 4.78 is 5.21. The van der Waals surface area contributed by atoms with Crippen LogP contribution in [0.25, 0.3) is 11.1 Å². The molecule has 8 nitrogen and oxygen atoms in total. The maximum atomic E-state index is 13.4. The Morgan fingerprint density at radius 2 is 1.87 bits per heavy atom. The van der Waals surface area contributed by atoms with E-state index in [9.17, 15) is 4.79 Å². The Balaban J connectivity index is 1.57. The molecule has 8 heteroatoms. The minimum Gasteiger partial charge on any atom is -0.377 e. The molecule has 0 saturated carbocycles. The first kappa shape index (κ1) is 18.6. The van der Waals surface area contributed by atoms with Crippen molar-refractivity contribution in [3.8, 4) is 11.1 Å². The Labute approximate surface area is 174 Å². The number of fused-ring (bicyclic) bond motifs is 1. The van der Waals surface area contributed by atoms with Gasteiger partial charge in [-0.25, -0.2) is 15.0 Å². The summed E-state index contributed by atoms with van der Waals surface area (Å²) in [5, 5.41) is 3.29. The summed E-state index contributed by atoms with van der Waals surface area (Å²) in [7, 11) is 0. The number of nitrogens with zero attached hydrogens (tertiary/aromatic N) is 5. The standard InChI is InChI=1S/C22H22N6O2/c1-13-24-7-15(8-25-13)14-4-5-17-18(6-14)28(21(29)22(17,2)3)20-10-23-9-19(27-20)26-16-11-30-12-16/h4-10,16H,11-12H2,1-3H3,(H,26,27). The molecule has 0 aliphatic carbocycles. The zero-order valence-corrected chi connectivity index (χ0v) is 17.1. The zero-order valence-electron chi connectivity index (χ0n) is 17.1. The van der Waals surface area contributed by atoms with Crippen LogP contribution in [-0.4, -0.2) is 45.1 Å². The van der Waals surface area contributed by atoms with Crippen LogP contribution in [0, 0.1) is 6.92 Å². The SMILES string of the molecule is Cc1ncc(-c2ccc3c(c2)N(c2cncc(NC4COC4)n2)C(=O)C3(C)C)cn1. The molecule has 0 bridgehead atoms. The van der Waals surface area contributed by atoms with Crippen LogP contribution in [0.4, 0.5) is 17.3 Å². The fourth-order valence-corrected chi connectivity index (χ4v) is 3.76. The molecule has 3 aromatic rings. The summed E-state index contributed by atoms with van der Waals surface area (Å²) >= 11 is 0. The molecule has 2 aliphatic rings. The largest absolute Gasteiger partial charge is 0.377 e. The van der Waals surface area contributed by atoms with E-state index < -0.39 is 5.41 Å². The van der Waals surface area contributed by atoms with Gasteiger partial charge in [0.25, 0.3) is 0 Å². The Morgan fingerprint density at radius 3 is 2.57 bits per heavy atom. The second kappa shape index (κ2) is 6.84. The third-order valence-corrected chi connectivity index (χ3v) is 5.61. The van der Waals surface area contributed by atoms with Gasteiger partial charge in [0.05, 0.1) is 42.8 Å². The van der Waals surface area contributed by atoms with E-state index in [0.717, 1.165) is 22.4 Å². The predicted octanol–water partition coefficient (Wildman–Crippen LogP) is 3.01. The Kier molecular flexibility index (Phi) is 4.25. The molecule has 1 amide bonds. The monoisotopic (exact) mass is 402 g/mol. The van der Waals surface area contributed by atoms with Gasteiger partial charge in [-0.15, -0.1) is 0 Å². The normalized spacial score (nSPS) is 17.6. The number of amides is 1. The fraction of sp³-hybridized carbons (Fsp3) is 0.318. The molecule has 152 valence electrons. The van der Waals surface area contributed by atoms with Crippen molar-refractivity contribution in [3.05, 3.63) is 54.4 Å². The molecule has 1 N–H and O–H groups in total. The highest BCUT2D eigenvalue weighted by molar-refractivity contribution is 6.12. The zero-order chi connectivity index (χ0) is 20.9. The molecule has 30 heavy (non-hydrogen) atoms. The Hall–Kier alpha value is -3.39. The smallest absolute Gasteiger partial charge is 0.242 e. The highest BCUT2D eigenvalue weighted by Crippen LogP contribution is 2.46. The van der Waals surface area contributed by atoms with Gasteiger partial charge in [-0.3, -0.25) is 14.7 Å². The van der Waals surface area contributed by atoms with E-state index in [0.29, 0.717) is 30.7 Å². The summed E-state index contributed by atoms with van der Waals surface area (Å²) in [4.78, 5) is 32.6. The van der Waals surface area contributed by atoms with Gasteiger partial charge in [0, 0.05) is 18.0 Å². The number of carbonyl (C=O) groups is 1. The van der Waals surface area contributed by atoms with Crippen LogP contribution in [0.2, 0.25) is 0 Å². The molecule has 1 fully saturated rings. The lowest BCUT2D eigenvalue weighted by atomic mass is 9.85. The summed E-state index contributed by atoms with van der Waals surface area (Å²) in [5.41, 5.74) is 2.94. The van der Waals surface area contributed by atoms with Crippen molar-refractivity contribution in [2.24, 2.45) is 0 Å². The molecular weight excluding hydrogens is 380 g/mol. The van der Waals surface area contributed by atoms with E-state index >= 15 is 0 Å². The average Bonchev–Trinajstić information content (AvgIpc) is 2.91. The number of ether oxygens (including phenoxy) is 1. The van der Waals surface area contributed by atoms with Crippen LogP contribution in [0.3, 0.4) is 0 Å². The Morgan fingerprint density at radius 1 is 1.10 bits per heavy atom. The van der Waals surface area contributed by atoms with E-state index in [-0.39, 0.29) is 11.9 Å². The van der Waals surface area contributed by atoms with E-state index in [2.05, 4.69) is 25.3 Å². The lowest BCUT2D eigenvalue weighted by Gasteiger charge is -2.27. The molecule has 0 radical (unpaired) electrons. The van der Waals surface area contributed by atoms with Crippen LogP contribution >= 0.6 is 0 Å².